The highest BCUT2D eigenvalue weighted by Gasteiger charge is 2.27. The third-order valence-corrected chi connectivity index (χ3v) is 4.03. The molecule has 6 nitrogen and oxygen atoms in total. The fraction of sp³-hybridized carbons (Fsp3) is 0.471. The van der Waals surface area contributed by atoms with E-state index in [4.69, 9.17) is 15.3 Å². The Morgan fingerprint density at radius 1 is 1.33 bits per heavy atom. The molecule has 1 aromatic carbocycles. The molecule has 2 atom stereocenters. The van der Waals surface area contributed by atoms with Crippen LogP contribution in [-0.4, -0.2) is 33.8 Å². The van der Waals surface area contributed by atoms with Gasteiger partial charge in [-0.3, -0.25) is 8.98 Å². The Morgan fingerprint density at radius 2 is 1.96 bits per heavy atom. The van der Waals surface area contributed by atoms with E-state index < -0.39 is 22.1 Å². The summed E-state index contributed by atoms with van der Waals surface area (Å²) in [4.78, 5) is 12.4. The van der Waals surface area contributed by atoms with Crippen LogP contribution in [0.4, 0.5) is 5.69 Å². The van der Waals surface area contributed by atoms with E-state index in [9.17, 15) is 13.2 Å². The number of ether oxygens (including phenoxy) is 1. The molecule has 7 heteroatoms. The molecule has 0 saturated heterocycles. The Balaban J connectivity index is 2.76. The Hall–Kier alpha value is -2.04. The summed E-state index contributed by atoms with van der Waals surface area (Å²) in [5, 5.41) is 2.74. The van der Waals surface area contributed by atoms with Crippen molar-refractivity contribution < 1.29 is 22.1 Å². The topological polar surface area (TPSA) is 81.7 Å². The van der Waals surface area contributed by atoms with Crippen LogP contribution in [0.1, 0.15) is 26.2 Å². The van der Waals surface area contributed by atoms with Crippen LogP contribution in [0.2, 0.25) is 0 Å². The first-order valence-electron chi connectivity index (χ1n) is 7.53. The minimum atomic E-state index is -3.67. The number of carbonyl (C=O) groups excluding carboxylic acids is 1. The van der Waals surface area contributed by atoms with Gasteiger partial charge in [0.2, 0.25) is 5.91 Å². The lowest BCUT2D eigenvalue weighted by Gasteiger charge is -2.22. The fourth-order valence-electron chi connectivity index (χ4n) is 2.11. The summed E-state index contributed by atoms with van der Waals surface area (Å²) < 4.78 is 33.0. The average Bonchev–Trinajstić information content (AvgIpc) is 2.53. The van der Waals surface area contributed by atoms with Gasteiger partial charge in [0.25, 0.3) is 10.1 Å². The molecule has 1 rings (SSSR count). The van der Waals surface area contributed by atoms with Gasteiger partial charge in [-0.25, -0.2) is 0 Å². The summed E-state index contributed by atoms with van der Waals surface area (Å²) in [5.74, 6) is 2.18. The van der Waals surface area contributed by atoms with E-state index in [0.717, 1.165) is 6.26 Å². The van der Waals surface area contributed by atoms with Crippen molar-refractivity contribution in [1.82, 2.24) is 0 Å². The van der Waals surface area contributed by atoms with Gasteiger partial charge in [0, 0.05) is 12.1 Å². The summed E-state index contributed by atoms with van der Waals surface area (Å²) in [6.07, 6.45) is 6.87. The monoisotopic (exact) mass is 353 g/mol. The van der Waals surface area contributed by atoms with Gasteiger partial charge in [0.1, 0.15) is 5.75 Å². The molecule has 0 aliphatic rings. The maximum atomic E-state index is 12.4. The molecule has 0 unspecified atom stereocenters. The number of methoxy groups -OCH3 is 1. The molecule has 1 aromatic rings. The molecule has 0 aromatic heterocycles. The number of benzene rings is 1. The molecule has 132 valence electrons. The van der Waals surface area contributed by atoms with Gasteiger partial charge in [-0.05, 0) is 37.1 Å². The van der Waals surface area contributed by atoms with Crippen LogP contribution in [0, 0.1) is 18.3 Å². The SMILES string of the molecule is C#CCCC[C@@H](OS(C)(=O)=O)[C@H](C)C(=O)Nc1ccc(OC)cc1. The molecule has 0 radical (unpaired) electrons. The van der Waals surface area contributed by atoms with Crippen molar-refractivity contribution >= 4 is 21.7 Å². The Labute approximate surface area is 143 Å². The quantitative estimate of drug-likeness (QED) is 0.419. The third kappa shape index (κ3) is 7.02. The first kappa shape index (κ1) is 20.0. The summed E-state index contributed by atoms with van der Waals surface area (Å²) >= 11 is 0. The molecule has 0 fully saturated rings. The van der Waals surface area contributed by atoms with Crippen LogP contribution in [-0.2, 0) is 19.1 Å². The molecule has 0 heterocycles. The summed E-state index contributed by atoms with van der Waals surface area (Å²) in [5.41, 5.74) is 0.592. The molecule has 1 amide bonds. The number of unbranched alkanes of at least 4 members (excludes halogenated alkanes) is 1. The predicted molar refractivity (Wildman–Crippen MR) is 93.2 cm³/mol. The molecule has 0 spiro atoms. The minimum Gasteiger partial charge on any atom is -0.497 e. The third-order valence-electron chi connectivity index (χ3n) is 3.44. The zero-order chi connectivity index (χ0) is 18.2. The number of terminal acetylenes is 1. The Morgan fingerprint density at radius 3 is 2.46 bits per heavy atom. The zero-order valence-electron chi connectivity index (χ0n) is 14.1. The van der Waals surface area contributed by atoms with Crippen molar-refractivity contribution in [3.8, 4) is 18.1 Å². The number of hydrogen-bond acceptors (Lipinski definition) is 5. The highest BCUT2D eigenvalue weighted by atomic mass is 32.2. The first-order valence-corrected chi connectivity index (χ1v) is 9.35. The van der Waals surface area contributed by atoms with Crippen LogP contribution in [0.25, 0.3) is 0 Å². The van der Waals surface area contributed by atoms with E-state index >= 15 is 0 Å². The van der Waals surface area contributed by atoms with Gasteiger partial charge < -0.3 is 10.1 Å². The summed E-state index contributed by atoms with van der Waals surface area (Å²) in [7, 11) is -2.11. The second-order valence-corrected chi connectivity index (χ2v) is 7.04. The van der Waals surface area contributed by atoms with E-state index in [1.807, 2.05) is 0 Å². The Kier molecular flexibility index (Phi) is 7.75. The fourth-order valence-corrected chi connectivity index (χ4v) is 2.82. The number of rotatable bonds is 9. The number of hydrogen-bond donors (Lipinski definition) is 1. The maximum absolute atomic E-state index is 12.4. The molecular weight excluding hydrogens is 330 g/mol. The van der Waals surface area contributed by atoms with Crippen molar-refractivity contribution in [3.63, 3.8) is 0 Å². The van der Waals surface area contributed by atoms with Gasteiger partial charge in [-0.2, -0.15) is 8.42 Å². The zero-order valence-corrected chi connectivity index (χ0v) is 14.9. The van der Waals surface area contributed by atoms with Crippen molar-refractivity contribution in [1.29, 1.82) is 0 Å². The van der Waals surface area contributed by atoms with Gasteiger partial charge in [-0.15, -0.1) is 12.3 Å². The maximum Gasteiger partial charge on any atom is 0.264 e. The molecule has 24 heavy (non-hydrogen) atoms. The second kappa shape index (κ2) is 9.30. The number of nitrogens with one attached hydrogen (secondary N) is 1. The van der Waals surface area contributed by atoms with E-state index in [-0.39, 0.29) is 5.91 Å². The van der Waals surface area contributed by atoms with Crippen molar-refractivity contribution in [2.75, 3.05) is 18.7 Å². The molecule has 0 saturated carbocycles. The predicted octanol–water partition coefficient (Wildman–Crippen LogP) is 2.42. The number of amides is 1. The standard InChI is InChI=1S/C17H23NO5S/c1-5-6-7-8-16(23-24(4,20)21)13(2)17(19)18-14-9-11-15(22-3)12-10-14/h1,9-13,16H,6-8H2,2-4H3,(H,18,19)/t13-,16+/m0/s1. The number of anilines is 1. The first-order chi connectivity index (χ1) is 11.3. The van der Waals surface area contributed by atoms with Crippen LogP contribution in [0.15, 0.2) is 24.3 Å². The lowest BCUT2D eigenvalue weighted by atomic mass is 9.98. The van der Waals surface area contributed by atoms with Crippen LogP contribution in [0.3, 0.4) is 0 Å². The van der Waals surface area contributed by atoms with Crippen molar-refractivity contribution in [3.05, 3.63) is 24.3 Å². The van der Waals surface area contributed by atoms with E-state index in [1.165, 1.54) is 0 Å². The highest BCUT2D eigenvalue weighted by Crippen LogP contribution is 2.20. The molecule has 0 bridgehead atoms. The van der Waals surface area contributed by atoms with E-state index in [2.05, 4.69) is 11.2 Å². The van der Waals surface area contributed by atoms with Crippen LogP contribution >= 0.6 is 0 Å². The minimum absolute atomic E-state index is 0.325. The van der Waals surface area contributed by atoms with Gasteiger partial charge in [0.15, 0.2) is 0 Å². The average molecular weight is 353 g/mol. The molecular formula is C17H23NO5S. The van der Waals surface area contributed by atoms with Crippen LogP contribution < -0.4 is 10.1 Å². The summed E-state index contributed by atoms with van der Waals surface area (Å²) in [6, 6.07) is 6.85. The lowest BCUT2D eigenvalue weighted by molar-refractivity contribution is -0.122. The van der Waals surface area contributed by atoms with E-state index in [1.54, 1.807) is 38.3 Å². The number of carbonyl (C=O) groups is 1. The largest absolute Gasteiger partial charge is 0.497 e. The van der Waals surface area contributed by atoms with Crippen molar-refractivity contribution in [2.24, 2.45) is 5.92 Å². The molecule has 0 aliphatic heterocycles. The van der Waals surface area contributed by atoms with E-state index in [0.29, 0.717) is 30.7 Å². The van der Waals surface area contributed by atoms with Gasteiger partial charge in [-0.1, -0.05) is 6.92 Å². The van der Waals surface area contributed by atoms with Crippen molar-refractivity contribution in [2.45, 2.75) is 32.3 Å². The Bertz CT molecular complexity index is 676. The second-order valence-electron chi connectivity index (χ2n) is 5.44. The van der Waals surface area contributed by atoms with Gasteiger partial charge >= 0.3 is 0 Å². The molecule has 0 aliphatic carbocycles. The van der Waals surface area contributed by atoms with Gasteiger partial charge in [0.05, 0.1) is 25.4 Å². The lowest BCUT2D eigenvalue weighted by Crippen LogP contribution is -2.34. The highest BCUT2D eigenvalue weighted by molar-refractivity contribution is 7.86. The normalized spacial score (nSPS) is 13.6. The smallest absolute Gasteiger partial charge is 0.264 e. The summed E-state index contributed by atoms with van der Waals surface area (Å²) in [6.45, 7) is 1.63. The van der Waals surface area contributed by atoms with Crippen LogP contribution in [0.5, 0.6) is 5.75 Å². The molecule has 1 N–H and O–H groups in total.